The van der Waals surface area contributed by atoms with Gasteiger partial charge in [-0.05, 0) is 47.9 Å². The molecule has 2 heterocycles. The van der Waals surface area contributed by atoms with Crippen LogP contribution >= 0.6 is 0 Å². The molecular weight excluding hydrogens is 354 g/mol. The van der Waals surface area contributed by atoms with Gasteiger partial charge in [0.2, 0.25) is 0 Å². The SMILES string of the molecule is OC1(c2ccc(-c3ccccc3)cc2)CC2CCCC(C1)N2Cc1ccccc1. The quantitative estimate of drug-likeness (QED) is 0.619. The number of nitrogens with zero attached hydrogens (tertiary/aromatic N) is 1. The average Bonchev–Trinajstić information content (AvgIpc) is 2.76. The number of piperidine rings is 2. The predicted octanol–water partition coefficient (Wildman–Crippen LogP) is 5.76. The normalized spacial score (nSPS) is 26.9. The molecule has 1 N–H and O–H groups in total. The first-order valence-electron chi connectivity index (χ1n) is 10.9. The third-order valence-corrected chi connectivity index (χ3v) is 6.90. The van der Waals surface area contributed by atoms with Crippen LogP contribution in [0.3, 0.4) is 0 Å². The van der Waals surface area contributed by atoms with E-state index in [1.54, 1.807) is 0 Å². The maximum absolute atomic E-state index is 11.7. The Bertz CT molecular complexity index is 921. The van der Waals surface area contributed by atoms with E-state index in [1.807, 2.05) is 6.07 Å². The van der Waals surface area contributed by atoms with E-state index in [2.05, 4.69) is 83.8 Å². The lowest BCUT2D eigenvalue weighted by atomic mass is 9.72. The Kier molecular flexibility index (Phi) is 4.99. The van der Waals surface area contributed by atoms with Crippen molar-refractivity contribution in [3.05, 3.63) is 96.1 Å². The van der Waals surface area contributed by atoms with Gasteiger partial charge in [0, 0.05) is 18.6 Å². The van der Waals surface area contributed by atoms with E-state index in [4.69, 9.17) is 0 Å². The summed E-state index contributed by atoms with van der Waals surface area (Å²) >= 11 is 0. The van der Waals surface area contributed by atoms with Gasteiger partial charge in [-0.15, -0.1) is 0 Å². The zero-order valence-electron chi connectivity index (χ0n) is 16.9. The van der Waals surface area contributed by atoms with Gasteiger partial charge in [-0.3, -0.25) is 4.90 Å². The molecule has 29 heavy (non-hydrogen) atoms. The fraction of sp³-hybridized carbons (Fsp3) is 0.333. The summed E-state index contributed by atoms with van der Waals surface area (Å²) in [6.45, 7) is 0.999. The lowest BCUT2D eigenvalue weighted by Gasteiger charge is -2.52. The smallest absolute Gasteiger partial charge is 0.0926 e. The van der Waals surface area contributed by atoms with E-state index >= 15 is 0 Å². The van der Waals surface area contributed by atoms with Gasteiger partial charge in [0.15, 0.2) is 0 Å². The largest absolute Gasteiger partial charge is 0.385 e. The van der Waals surface area contributed by atoms with Gasteiger partial charge in [0.25, 0.3) is 0 Å². The molecule has 0 amide bonds. The Morgan fingerprint density at radius 3 is 1.90 bits per heavy atom. The highest BCUT2D eigenvalue weighted by Gasteiger charge is 2.46. The van der Waals surface area contributed by atoms with Gasteiger partial charge in [-0.1, -0.05) is 91.3 Å². The Labute approximate surface area is 173 Å². The molecule has 0 aromatic heterocycles. The Hall–Kier alpha value is -2.42. The third-order valence-electron chi connectivity index (χ3n) is 6.90. The topological polar surface area (TPSA) is 23.5 Å². The zero-order chi connectivity index (χ0) is 19.7. The molecule has 2 heteroatoms. The van der Waals surface area contributed by atoms with Gasteiger partial charge >= 0.3 is 0 Å². The summed E-state index contributed by atoms with van der Waals surface area (Å²) in [4.78, 5) is 2.66. The van der Waals surface area contributed by atoms with Crippen LogP contribution in [0.5, 0.6) is 0 Å². The van der Waals surface area contributed by atoms with Crippen LogP contribution in [0.4, 0.5) is 0 Å². The highest BCUT2D eigenvalue weighted by molar-refractivity contribution is 5.63. The number of benzene rings is 3. The Morgan fingerprint density at radius 1 is 0.724 bits per heavy atom. The summed E-state index contributed by atoms with van der Waals surface area (Å²) in [7, 11) is 0. The molecular formula is C27H29NO. The lowest BCUT2D eigenvalue weighted by Crippen LogP contribution is -2.56. The molecule has 0 radical (unpaired) electrons. The maximum atomic E-state index is 11.7. The van der Waals surface area contributed by atoms with E-state index < -0.39 is 5.60 Å². The van der Waals surface area contributed by atoms with Crippen LogP contribution in [0.2, 0.25) is 0 Å². The maximum Gasteiger partial charge on any atom is 0.0926 e. The highest BCUT2D eigenvalue weighted by Crippen LogP contribution is 2.45. The van der Waals surface area contributed by atoms with E-state index in [0.29, 0.717) is 12.1 Å². The number of fused-ring (bicyclic) bond motifs is 2. The summed E-state index contributed by atoms with van der Waals surface area (Å²) in [5.41, 5.74) is 4.17. The van der Waals surface area contributed by atoms with Gasteiger partial charge in [0.05, 0.1) is 5.60 Å². The van der Waals surface area contributed by atoms with Crippen molar-refractivity contribution in [3.63, 3.8) is 0 Å². The number of aliphatic hydroxyl groups is 1. The minimum atomic E-state index is -0.710. The van der Waals surface area contributed by atoms with Crippen LogP contribution in [0.25, 0.3) is 11.1 Å². The van der Waals surface area contributed by atoms with Gasteiger partial charge < -0.3 is 5.11 Å². The molecule has 0 aliphatic carbocycles. The fourth-order valence-corrected chi connectivity index (χ4v) is 5.41. The summed E-state index contributed by atoms with van der Waals surface area (Å²) in [6.07, 6.45) is 5.33. The van der Waals surface area contributed by atoms with E-state index in [1.165, 1.54) is 36.0 Å². The van der Waals surface area contributed by atoms with Gasteiger partial charge in [-0.2, -0.15) is 0 Å². The van der Waals surface area contributed by atoms with Crippen molar-refractivity contribution in [1.82, 2.24) is 4.90 Å². The minimum absolute atomic E-state index is 0.460. The molecule has 2 fully saturated rings. The molecule has 2 unspecified atom stereocenters. The van der Waals surface area contributed by atoms with Crippen molar-refractivity contribution in [2.45, 2.75) is 56.3 Å². The van der Waals surface area contributed by atoms with Crippen molar-refractivity contribution in [1.29, 1.82) is 0 Å². The van der Waals surface area contributed by atoms with Crippen molar-refractivity contribution in [2.75, 3.05) is 0 Å². The summed E-state index contributed by atoms with van der Waals surface area (Å²) in [5.74, 6) is 0. The Morgan fingerprint density at radius 2 is 1.28 bits per heavy atom. The lowest BCUT2D eigenvalue weighted by molar-refractivity contribution is -0.0999. The van der Waals surface area contributed by atoms with E-state index in [-0.39, 0.29) is 0 Å². The highest BCUT2D eigenvalue weighted by atomic mass is 16.3. The summed E-state index contributed by atoms with van der Waals surface area (Å²) < 4.78 is 0. The Balaban J connectivity index is 1.37. The van der Waals surface area contributed by atoms with Crippen LogP contribution in [0, 0.1) is 0 Å². The molecule has 2 nitrogen and oxygen atoms in total. The molecule has 0 spiro atoms. The summed E-state index contributed by atoms with van der Waals surface area (Å²) in [5, 5.41) is 11.7. The molecule has 2 saturated heterocycles. The van der Waals surface area contributed by atoms with Crippen LogP contribution < -0.4 is 0 Å². The fourth-order valence-electron chi connectivity index (χ4n) is 5.41. The third kappa shape index (κ3) is 3.75. The molecule has 2 bridgehead atoms. The number of rotatable bonds is 4. The first-order valence-corrected chi connectivity index (χ1v) is 10.9. The zero-order valence-corrected chi connectivity index (χ0v) is 16.9. The molecule has 2 atom stereocenters. The monoisotopic (exact) mass is 383 g/mol. The second kappa shape index (κ2) is 7.78. The molecule has 2 aliphatic heterocycles. The molecule has 5 rings (SSSR count). The second-order valence-corrected chi connectivity index (χ2v) is 8.78. The molecule has 2 aliphatic rings. The first kappa shape index (κ1) is 18.6. The van der Waals surface area contributed by atoms with Crippen molar-refractivity contribution in [2.24, 2.45) is 0 Å². The molecule has 3 aromatic carbocycles. The molecule has 148 valence electrons. The van der Waals surface area contributed by atoms with Crippen LogP contribution in [0.1, 0.15) is 43.2 Å². The van der Waals surface area contributed by atoms with E-state index in [0.717, 1.165) is 24.9 Å². The first-order chi connectivity index (χ1) is 14.2. The van der Waals surface area contributed by atoms with Crippen molar-refractivity contribution in [3.8, 4) is 11.1 Å². The molecule has 0 saturated carbocycles. The van der Waals surface area contributed by atoms with Crippen molar-refractivity contribution >= 4 is 0 Å². The number of hydrogen-bond acceptors (Lipinski definition) is 2. The van der Waals surface area contributed by atoms with Crippen molar-refractivity contribution < 1.29 is 5.11 Å². The van der Waals surface area contributed by atoms with Crippen LogP contribution in [-0.2, 0) is 12.1 Å². The number of hydrogen-bond donors (Lipinski definition) is 1. The standard InChI is InChI=1S/C27H29NO/c29-27(24-16-14-23(15-17-24)22-10-5-2-6-11-22)18-25-12-7-13-26(19-27)28(25)20-21-8-3-1-4-9-21/h1-6,8-11,14-17,25-26,29H,7,12-13,18-20H2. The average molecular weight is 384 g/mol. The minimum Gasteiger partial charge on any atom is -0.385 e. The predicted molar refractivity (Wildman–Crippen MR) is 118 cm³/mol. The van der Waals surface area contributed by atoms with Crippen LogP contribution in [-0.4, -0.2) is 22.1 Å². The second-order valence-electron chi connectivity index (χ2n) is 8.78. The summed E-state index contributed by atoms with van der Waals surface area (Å²) in [6, 6.07) is 30.8. The van der Waals surface area contributed by atoms with Gasteiger partial charge in [0.1, 0.15) is 0 Å². The van der Waals surface area contributed by atoms with Gasteiger partial charge in [-0.25, -0.2) is 0 Å². The van der Waals surface area contributed by atoms with E-state index in [9.17, 15) is 5.11 Å². The molecule has 3 aromatic rings. The van der Waals surface area contributed by atoms with Crippen LogP contribution in [0.15, 0.2) is 84.9 Å².